The van der Waals surface area contributed by atoms with Crippen LogP contribution in [0.3, 0.4) is 0 Å². The number of piperidine rings is 1. The first-order chi connectivity index (χ1) is 10.9. The van der Waals surface area contributed by atoms with Gasteiger partial charge in [0, 0.05) is 25.2 Å². The molecule has 4 N–H and O–H groups in total. The summed E-state index contributed by atoms with van der Waals surface area (Å²) in [7, 11) is 0. The predicted molar refractivity (Wildman–Crippen MR) is 87.4 cm³/mol. The van der Waals surface area contributed by atoms with Crippen molar-refractivity contribution < 1.29 is 19.7 Å². The summed E-state index contributed by atoms with van der Waals surface area (Å²) >= 11 is 0. The number of carbonyl (C=O) groups excluding carboxylic acids is 1. The maximum Gasteiger partial charge on any atom is 0.248 e. The number of aliphatic hydroxyl groups excluding tert-OH is 1. The molecule has 1 amide bonds. The van der Waals surface area contributed by atoms with Crippen molar-refractivity contribution in [3.63, 3.8) is 0 Å². The third-order valence-electron chi connectivity index (χ3n) is 4.55. The van der Waals surface area contributed by atoms with Crippen LogP contribution in [0.4, 0.5) is 0 Å². The van der Waals surface area contributed by atoms with E-state index in [0.29, 0.717) is 37.3 Å². The molecule has 6 heteroatoms. The summed E-state index contributed by atoms with van der Waals surface area (Å²) in [6, 6.07) is 6.74. The molecular weight excluding hydrogens is 296 g/mol. The van der Waals surface area contributed by atoms with Gasteiger partial charge in [-0.05, 0) is 43.5 Å². The number of ether oxygens (including phenoxy) is 1. The highest BCUT2D eigenvalue weighted by Gasteiger charge is 2.38. The number of amides is 1. The van der Waals surface area contributed by atoms with E-state index in [-0.39, 0.29) is 0 Å². The lowest BCUT2D eigenvalue weighted by Crippen LogP contribution is -2.55. The van der Waals surface area contributed by atoms with Crippen LogP contribution >= 0.6 is 0 Å². The maximum atomic E-state index is 11.0. The van der Waals surface area contributed by atoms with Gasteiger partial charge in [0.1, 0.15) is 5.75 Å². The van der Waals surface area contributed by atoms with Gasteiger partial charge in [-0.2, -0.15) is 0 Å². The lowest BCUT2D eigenvalue weighted by Gasteiger charge is -2.41. The number of β-amino-alcohol motifs (C(OH)–C–C–N with tert-alkyl or cyclic N) is 1. The molecule has 0 aliphatic carbocycles. The van der Waals surface area contributed by atoms with Crippen molar-refractivity contribution in [1.29, 1.82) is 0 Å². The fourth-order valence-electron chi connectivity index (χ4n) is 2.83. The molecule has 128 valence electrons. The van der Waals surface area contributed by atoms with Crippen LogP contribution in [-0.4, -0.2) is 59.0 Å². The highest BCUT2D eigenvalue weighted by molar-refractivity contribution is 5.92. The number of carbonyl (C=O) groups is 1. The molecule has 1 fully saturated rings. The van der Waals surface area contributed by atoms with Gasteiger partial charge >= 0.3 is 0 Å². The van der Waals surface area contributed by atoms with Crippen LogP contribution in [0.2, 0.25) is 0 Å². The molecule has 0 saturated carbocycles. The molecule has 2 rings (SSSR count). The molecule has 0 radical (unpaired) electrons. The fraction of sp³-hybridized carbons (Fsp3) is 0.588. The van der Waals surface area contributed by atoms with Crippen molar-refractivity contribution in [2.24, 2.45) is 5.73 Å². The summed E-state index contributed by atoms with van der Waals surface area (Å²) in [4.78, 5) is 13.1. The van der Waals surface area contributed by atoms with Gasteiger partial charge in [-0.25, -0.2) is 0 Å². The number of hydrogen-bond acceptors (Lipinski definition) is 5. The number of nitrogens with two attached hydrogens (primary N) is 1. The van der Waals surface area contributed by atoms with Crippen LogP contribution < -0.4 is 10.5 Å². The minimum Gasteiger partial charge on any atom is -0.494 e. The number of rotatable bonds is 7. The summed E-state index contributed by atoms with van der Waals surface area (Å²) in [6.45, 7) is 4.55. The Morgan fingerprint density at radius 2 is 2.13 bits per heavy atom. The van der Waals surface area contributed by atoms with Crippen molar-refractivity contribution in [3.05, 3.63) is 29.8 Å². The van der Waals surface area contributed by atoms with E-state index >= 15 is 0 Å². The fourth-order valence-corrected chi connectivity index (χ4v) is 2.83. The van der Waals surface area contributed by atoms with Gasteiger partial charge in [0.05, 0.1) is 18.3 Å². The SMILES string of the molecule is CC[C@@]1(O)CCN(CCCOc2ccc(C(N)=O)cc2)C[C@H]1O. The largest absolute Gasteiger partial charge is 0.494 e. The van der Waals surface area contributed by atoms with Crippen molar-refractivity contribution in [2.45, 2.75) is 37.9 Å². The molecule has 1 saturated heterocycles. The van der Waals surface area contributed by atoms with Crippen LogP contribution in [0.5, 0.6) is 5.75 Å². The minimum absolute atomic E-state index is 0.452. The number of primary amides is 1. The second-order valence-electron chi connectivity index (χ2n) is 6.11. The molecule has 0 spiro atoms. The van der Waals surface area contributed by atoms with E-state index in [0.717, 1.165) is 19.5 Å². The molecule has 1 aliphatic rings. The molecule has 6 nitrogen and oxygen atoms in total. The Kier molecular flexibility index (Phi) is 5.98. The zero-order valence-corrected chi connectivity index (χ0v) is 13.6. The van der Waals surface area contributed by atoms with Gasteiger partial charge in [-0.1, -0.05) is 6.92 Å². The Bertz CT molecular complexity index is 520. The smallest absolute Gasteiger partial charge is 0.248 e. The Labute approximate surface area is 136 Å². The monoisotopic (exact) mass is 322 g/mol. The van der Waals surface area contributed by atoms with Crippen molar-refractivity contribution in [3.8, 4) is 5.75 Å². The third-order valence-corrected chi connectivity index (χ3v) is 4.55. The van der Waals surface area contributed by atoms with Crippen LogP contribution in [0.15, 0.2) is 24.3 Å². The average Bonchev–Trinajstić information content (AvgIpc) is 2.55. The van der Waals surface area contributed by atoms with E-state index in [9.17, 15) is 15.0 Å². The molecule has 1 heterocycles. The molecule has 2 atom stereocenters. The topological polar surface area (TPSA) is 96.0 Å². The van der Waals surface area contributed by atoms with E-state index in [1.165, 1.54) is 0 Å². The van der Waals surface area contributed by atoms with Gasteiger partial charge in [0.15, 0.2) is 0 Å². The average molecular weight is 322 g/mol. The molecule has 0 bridgehead atoms. The number of nitrogens with zero attached hydrogens (tertiary/aromatic N) is 1. The zero-order valence-electron chi connectivity index (χ0n) is 13.6. The summed E-state index contributed by atoms with van der Waals surface area (Å²) in [5.74, 6) is 0.251. The Hall–Kier alpha value is -1.63. The second-order valence-corrected chi connectivity index (χ2v) is 6.11. The standard InChI is InChI=1S/C17H26N2O4/c1-2-17(22)8-10-19(12-15(17)20)9-3-11-23-14-6-4-13(5-7-14)16(18)21/h4-7,15,20,22H,2-3,8-12H2,1H3,(H2,18,21)/t15-,17-/m1/s1. The Morgan fingerprint density at radius 1 is 1.43 bits per heavy atom. The van der Waals surface area contributed by atoms with E-state index in [4.69, 9.17) is 10.5 Å². The highest BCUT2D eigenvalue weighted by atomic mass is 16.5. The lowest BCUT2D eigenvalue weighted by molar-refractivity contribution is -0.120. The van der Waals surface area contributed by atoms with E-state index < -0.39 is 17.6 Å². The molecule has 23 heavy (non-hydrogen) atoms. The number of likely N-dealkylation sites (tertiary alicyclic amines) is 1. The molecular formula is C17H26N2O4. The molecule has 1 aromatic rings. The van der Waals surface area contributed by atoms with Crippen LogP contribution in [0.1, 0.15) is 36.5 Å². The van der Waals surface area contributed by atoms with Crippen LogP contribution in [0, 0.1) is 0 Å². The van der Waals surface area contributed by atoms with Gasteiger partial charge < -0.3 is 25.6 Å². The van der Waals surface area contributed by atoms with Gasteiger partial charge in [0.25, 0.3) is 0 Å². The predicted octanol–water partition coefficient (Wildman–Crippen LogP) is 0.762. The Morgan fingerprint density at radius 3 is 2.70 bits per heavy atom. The van der Waals surface area contributed by atoms with Crippen LogP contribution in [0.25, 0.3) is 0 Å². The van der Waals surface area contributed by atoms with E-state index in [2.05, 4.69) is 4.90 Å². The summed E-state index contributed by atoms with van der Waals surface area (Å²) in [5, 5.41) is 20.3. The summed E-state index contributed by atoms with van der Waals surface area (Å²) in [5.41, 5.74) is 4.71. The van der Waals surface area contributed by atoms with E-state index in [1.54, 1.807) is 24.3 Å². The number of aliphatic hydroxyl groups is 2. The lowest BCUT2D eigenvalue weighted by atomic mass is 9.86. The van der Waals surface area contributed by atoms with Crippen molar-refractivity contribution >= 4 is 5.91 Å². The first-order valence-electron chi connectivity index (χ1n) is 8.10. The van der Waals surface area contributed by atoms with Crippen LogP contribution in [-0.2, 0) is 0 Å². The normalized spacial score (nSPS) is 25.3. The molecule has 0 unspecified atom stereocenters. The van der Waals surface area contributed by atoms with Gasteiger partial charge in [-0.3, -0.25) is 4.79 Å². The molecule has 0 aromatic heterocycles. The highest BCUT2D eigenvalue weighted by Crippen LogP contribution is 2.25. The first kappa shape index (κ1) is 17.7. The first-order valence-corrected chi connectivity index (χ1v) is 8.10. The van der Waals surface area contributed by atoms with Gasteiger partial charge in [0.2, 0.25) is 5.91 Å². The van der Waals surface area contributed by atoms with Crippen molar-refractivity contribution in [2.75, 3.05) is 26.2 Å². The maximum absolute atomic E-state index is 11.0. The second kappa shape index (κ2) is 7.77. The zero-order chi connectivity index (χ0) is 16.9. The summed E-state index contributed by atoms with van der Waals surface area (Å²) in [6.07, 6.45) is 1.31. The number of hydrogen-bond donors (Lipinski definition) is 3. The summed E-state index contributed by atoms with van der Waals surface area (Å²) < 4.78 is 5.63. The van der Waals surface area contributed by atoms with Crippen molar-refractivity contribution in [1.82, 2.24) is 4.90 Å². The van der Waals surface area contributed by atoms with Gasteiger partial charge in [-0.15, -0.1) is 0 Å². The third kappa shape index (κ3) is 4.67. The molecule has 1 aliphatic heterocycles. The quantitative estimate of drug-likeness (QED) is 0.644. The molecule has 1 aromatic carbocycles. The minimum atomic E-state index is -0.935. The Balaban J connectivity index is 1.69. The number of benzene rings is 1. The van der Waals surface area contributed by atoms with E-state index in [1.807, 2.05) is 6.92 Å².